The second-order valence-electron chi connectivity index (χ2n) is 6.66. The van der Waals surface area contributed by atoms with Crippen molar-refractivity contribution in [1.82, 2.24) is 20.0 Å². The van der Waals surface area contributed by atoms with Crippen molar-refractivity contribution in [2.45, 2.75) is 39.3 Å². The topological polar surface area (TPSA) is 55.1 Å². The fourth-order valence-corrected chi connectivity index (χ4v) is 3.26. The predicted octanol–water partition coefficient (Wildman–Crippen LogP) is 3.78. The Morgan fingerprint density at radius 2 is 2.08 bits per heavy atom. The van der Waals surface area contributed by atoms with Gasteiger partial charge in [-0.15, -0.1) is 0 Å². The van der Waals surface area contributed by atoms with Crippen molar-refractivity contribution < 1.29 is 8.91 Å². The molecule has 0 atom stereocenters. The van der Waals surface area contributed by atoms with Crippen molar-refractivity contribution in [3.05, 3.63) is 65.1 Å². The lowest BCUT2D eigenvalue weighted by Gasteiger charge is -2.27. The number of halogens is 1. The molecule has 2 aromatic heterocycles. The van der Waals surface area contributed by atoms with Crippen LogP contribution >= 0.6 is 0 Å². The largest absolute Gasteiger partial charge is 0.356 e. The van der Waals surface area contributed by atoms with Crippen LogP contribution in [0.5, 0.6) is 0 Å². The van der Waals surface area contributed by atoms with Crippen LogP contribution in [0.4, 0.5) is 4.39 Å². The van der Waals surface area contributed by atoms with E-state index < -0.39 is 0 Å². The van der Waals surface area contributed by atoms with Gasteiger partial charge in [0.2, 0.25) is 0 Å². The van der Waals surface area contributed by atoms with Crippen molar-refractivity contribution in [3.63, 3.8) is 0 Å². The van der Waals surface area contributed by atoms with E-state index >= 15 is 0 Å². The number of nitrogens with zero attached hydrogens (tertiary/aromatic N) is 4. The van der Waals surface area contributed by atoms with Gasteiger partial charge in [-0.05, 0) is 30.7 Å². The number of aryl methyl sites for hydroxylation is 1. The molecule has 0 saturated heterocycles. The first kappa shape index (κ1) is 16.8. The van der Waals surface area contributed by atoms with Crippen molar-refractivity contribution >= 4 is 0 Å². The average Bonchev–Trinajstić information content (AvgIpc) is 3.11. The van der Waals surface area contributed by atoms with E-state index in [9.17, 15) is 4.39 Å². The van der Waals surface area contributed by atoms with E-state index in [1.807, 2.05) is 12.3 Å². The van der Waals surface area contributed by atoms with Crippen molar-refractivity contribution in [2.75, 3.05) is 6.54 Å². The van der Waals surface area contributed by atoms with Crippen molar-refractivity contribution in [3.8, 4) is 11.3 Å². The summed E-state index contributed by atoms with van der Waals surface area (Å²) in [6.45, 7) is 4.61. The zero-order valence-corrected chi connectivity index (χ0v) is 14.8. The Bertz CT molecular complexity index is 891. The second kappa shape index (κ2) is 7.33. The monoisotopic (exact) mass is 352 g/mol. The summed E-state index contributed by atoms with van der Waals surface area (Å²) in [4.78, 5) is 11.5. The van der Waals surface area contributed by atoms with E-state index in [2.05, 4.69) is 22.0 Å². The molecule has 0 spiro atoms. The molecule has 0 N–H and O–H groups in total. The van der Waals surface area contributed by atoms with Gasteiger partial charge >= 0.3 is 0 Å². The van der Waals surface area contributed by atoms with Gasteiger partial charge in [0.25, 0.3) is 0 Å². The van der Waals surface area contributed by atoms with Gasteiger partial charge in [-0.1, -0.05) is 12.1 Å². The molecule has 0 unspecified atom stereocenters. The van der Waals surface area contributed by atoms with Crippen LogP contribution in [0.15, 0.2) is 41.1 Å². The van der Waals surface area contributed by atoms with Crippen LogP contribution in [0.1, 0.15) is 36.1 Å². The minimum atomic E-state index is -0.259. The van der Waals surface area contributed by atoms with E-state index in [4.69, 9.17) is 9.51 Å². The highest BCUT2D eigenvalue weighted by Crippen LogP contribution is 2.23. The number of hydrogen-bond acceptors (Lipinski definition) is 5. The molecule has 0 amide bonds. The smallest absolute Gasteiger partial charge is 0.167 e. The number of aromatic nitrogens is 3. The first-order valence-corrected chi connectivity index (χ1v) is 8.99. The predicted molar refractivity (Wildman–Crippen MR) is 95.7 cm³/mol. The molecule has 4 rings (SSSR count). The zero-order chi connectivity index (χ0) is 17.9. The molecule has 0 bridgehead atoms. The molecule has 0 aliphatic carbocycles. The molecule has 0 fully saturated rings. The van der Waals surface area contributed by atoms with Gasteiger partial charge in [0.1, 0.15) is 11.6 Å². The second-order valence-corrected chi connectivity index (χ2v) is 6.66. The summed E-state index contributed by atoms with van der Waals surface area (Å²) >= 11 is 0. The normalized spacial score (nSPS) is 14.4. The maximum absolute atomic E-state index is 13.0. The lowest BCUT2D eigenvalue weighted by molar-refractivity contribution is 0.235. The quantitative estimate of drug-likeness (QED) is 0.699. The third-order valence-corrected chi connectivity index (χ3v) is 4.61. The molecular formula is C20H21FN4O. The molecule has 134 valence electrons. The highest BCUT2D eigenvalue weighted by molar-refractivity contribution is 5.57. The van der Waals surface area contributed by atoms with Crippen LogP contribution in [0.3, 0.4) is 0 Å². The highest BCUT2D eigenvalue weighted by atomic mass is 19.1. The summed E-state index contributed by atoms with van der Waals surface area (Å²) in [5.41, 5.74) is 4.06. The highest BCUT2D eigenvalue weighted by Gasteiger charge is 2.20. The van der Waals surface area contributed by atoms with E-state index in [1.54, 1.807) is 12.1 Å². The standard InChI is InChI=1S/C20H21FN4O/c1-2-3-20-22-11-15-12-25(9-8-18(15)23-20)13-17-10-19(26-24-17)14-4-6-16(21)7-5-14/h4-7,10-11H,2-3,8-9,12-13H2,1H3. The van der Waals surface area contributed by atoms with Gasteiger partial charge in [0, 0.05) is 61.6 Å². The lowest BCUT2D eigenvalue weighted by atomic mass is 10.1. The summed E-state index contributed by atoms with van der Waals surface area (Å²) in [5.74, 6) is 1.34. The number of benzene rings is 1. The third kappa shape index (κ3) is 3.65. The molecule has 5 nitrogen and oxygen atoms in total. The van der Waals surface area contributed by atoms with Crippen molar-refractivity contribution in [2.24, 2.45) is 0 Å². The maximum Gasteiger partial charge on any atom is 0.167 e. The minimum absolute atomic E-state index is 0.259. The molecular weight excluding hydrogens is 331 g/mol. The average molecular weight is 352 g/mol. The van der Waals surface area contributed by atoms with E-state index in [0.29, 0.717) is 12.3 Å². The van der Waals surface area contributed by atoms with Crippen molar-refractivity contribution in [1.29, 1.82) is 0 Å². The molecule has 0 saturated carbocycles. The first-order valence-electron chi connectivity index (χ1n) is 8.99. The summed E-state index contributed by atoms with van der Waals surface area (Å²) in [7, 11) is 0. The third-order valence-electron chi connectivity index (χ3n) is 4.61. The van der Waals surface area contributed by atoms with Gasteiger partial charge in [0.05, 0.1) is 5.69 Å². The Hall–Kier alpha value is -2.60. The molecule has 0 radical (unpaired) electrons. The molecule has 6 heteroatoms. The Morgan fingerprint density at radius 1 is 1.23 bits per heavy atom. The Balaban J connectivity index is 1.43. The maximum atomic E-state index is 13.0. The van der Waals surface area contributed by atoms with Gasteiger partial charge in [-0.2, -0.15) is 0 Å². The van der Waals surface area contributed by atoms with Crippen LogP contribution in [0, 0.1) is 5.82 Å². The van der Waals surface area contributed by atoms with Crippen LogP contribution in [0.25, 0.3) is 11.3 Å². The SMILES string of the molecule is CCCc1ncc2c(n1)CCN(Cc1cc(-c3ccc(F)cc3)on1)C2. The Morgan fingerprint density at radius 3 is 2.88 bits per heavy atom. The molecule has 1 aliphatic rings. The zero-order valence-electron chi connectivity index (χ0n) is 14.8. The molecule has 26 heavy (non-hydrogen) atoms. The fraction of sp³-hybridized carbons (Fsp3) is 0.350. The molecule has 3 heterocycles. The minimum Gasteiger partial charge on any atom is -0.356 e. The Kier molecular flexibility index (Phi) is 4.75. The van der Waals surface area contributed by atoms with E-state index in [0.717, 1.165) is 49.4 Å². The molecule has 1 aliphatic heterocycles. The van der Waals surface area contributed by atoms with Crippen LogP contribution < -0.4 is 0 Å². The van der Waals surface area contributed by atoms with E-state index in [1.165, 1.54) is 23.4 Å². The summed E-state index contributed by atoms with van der Waals surface area (Å²) in [6, 6.07) is 8.16. The number of fused-ring (bicyclic) bond motifs is 1. The van der Waals surface area contributed by atoms with Gasteiger partial charge < -0.3 is 4.52 Å². The fourth-order valence-electron chi connectivity index (χ4n) is 3.26. The molecule has 3 aromatic rings. The summed E-state index contributed by atoms with van der Waals surface area (Å²) < 4.78 is 18.5. The lowest BCUT2D eigenvalue weighted by Crippen LogP contribution is -2.31. The van der Waals surface area contributed by atoms with Gasteiger partial charge in [0.15, 0.2) is 5.76 Å². The number of rotatable bonds is 5. The van der Waals surface area contributed by atoms with Crippen LogP contribution in [-0.2, 0) is 25.9 Å². The van der Waals surface area contributed by atoms with Gasteiger partial charge in [-0.25, -0.2) is 14.4 Å². The van der Waals surface area contributed by atoms with Crippen LogP contribution in [-0.4, -0.2) is 26.6 Å². The summed E-state index contributed by atoms with van der Waals surface area (Å²) in [5, 5.41) is 4.16. The first-order chi connectivity index (χ1) is 12.7. The molecule has 1 aromatic carbocycles. The van der Waals surface area contributed by atoms with Gasteiger partial charge in [-0.3, -0.25) is 4.90 Å². The number of hydrogen-bond donors (Lipinski definition) is 0. The Labute approximate surface area is 151 Å². The summed E-state index contributed by atoms with van der Waals surface area (Å²) in [6.07, 6.45) is 4.89. The van der Waals surface area contributed by atoms with Crippen LogP contribution in [0.2, 0.25) is 0 Å². The van der Waals surface area contributed by atoms with E-state index in [-0.39, 0.29) is 5.82 Å².